The van der Waals surface area contributed by atoms with E-state index in [1.54, 1.807) is 24.3 Å². The summed E-state index contributed by atoms with van der Waals surface area (Å²) in [6, 6.07) is 24.8. The first-order valence-corrected chi connectivity index (χ1v) is 15.1. The molecule has 0 heterocycles. The molecule has 3 aromatic rings. The molecule has 0 aromatic heterocycles. The van der Waals surface area contributed by atoms with Crippen molar-refractivity contribution in [2.24, 2.45) is 5.92 Å². The highest BCUT2D eigenvalue weighted by Crippen LogP contribution is 2.23. The summed E-state index contributed by atoms with van der Waals surface area (Å²) in [5.41, 5.74) is 2.10. The highest BCUT2D eigenvalue weighted by atomic mass is 79.9. The molecule has 0 saturated carbocycles. The molecule has 0 saturated heterocycles. The molecule has 3 aromatic carbocycles. The molecular weight excluding hydrogens is 566 g/mol. The number of nitrogens with zero attached hydrogens (tertiary/aromatic N) is 2. The van der Waals surface area contributed by atoms with E-state index in [9.17, 15) is 18.0 Å². The van der Waals surface area contributed by atoms with Crippen LogP contribution >= 0.6 is 15.9 Å². The van der Waals surface area contributed by atoms with Gasteiger partial charge in [0.1, 0.15) is 12.6 Å². The van der Waals surface area contributed by atoms with Crippen LogP contribution in [0.25, 0.3) is 0 Å². The van der Waals surface area contributed by atoms with E-state index in [1.807, 2.05) is 74.5 Å². The number of carbonyl (C=O) groups excluding carboxylic acids is 2. The Bertz CT molecular complexity index is 1320. The summed E-state index contributed by atoms with van der Waals surface area (Å²) in [4.78, 5) is 29.0. The van der Waals surface area contributed by atoms with Gasteiger partial charge in [0.2, 0.25) is 21.8 Å². The maximum absolute atomic E-state index is 14.0. The number of hydrogen-bond acceptors (Lipinski definition) is 4. The number of anilines is 1. The lowest BCUT2D eigenvalue weighted by molar-refractivity contribution is -0.140. The second kappa shape index (κ2) is 13.6. The third-order valence-corrected chi connectivity index (χ3v) is 7.56. The maximum atomic E-state index is 14.0. The first-order chi connectivity index (χ1) is 18.0. The molecule has 1 N–H and O–H groups in total. The lowest BCUT2D eigenvalue weighted by Gasteiger charge is -2.33. The number of nitrogens with one attached hydrogen (secondary N) is 1. The molecule has 0 fully saturated rings. The molecule has 0 spiro atoms. The summed E-state index contributed by atoms with van der Waals surface area (Å²) in [5, 5.41) is 2.98. The Morgan fingerprint density at radius 2 is 1.50 bits per heavy atom. The van der Waals surface area contributed by atoms with Crippen LogP contribution in [0, 0.1) is 5.92 Å². The number of sulfonamides is 1. The smallest absolute Gasteiger partial charge is 0.244 e. The second-order valence-corrected chi connectivity index (χ2v) is 12.4. The van der Waals surface area contributed by atoms with Crippen molar-refractivity contribution in [3.63, 3.8) is 0 Å². The number of hydrogen-bond donors (Lipinski definition) is 1. The Kier molecular flexibility index (Phi) is 10.5. The number of rotatable bonds is 12. The van der Waals surface area contributed by atoms with Crippen LogP contribution in [-0.2, 0) is 32.6 Å². The van der Waals surface area contributed by atoms with Crippen LogP contribution in [0.2, 0.25) is 0 Å². The minimum Gasteiger partial charge on any atom is -0.354 e. The van der Waals surface area contributed by atoms with Crippen LogP contribution in [0.3, 0.4) is 0 Å². The van der Waals surface area contributed by atoms with Crippen molar-refractivity contribution < 1.29 is 18.0 Å². The zero-order chi connectivity index (χ0) is 27.7. The Morgan fingerprint density at radius 3 is 2.05 bits per heavy atom. The molecular formula is C29H34BrN3O4S. The molecule has 2 amide bonds. The standard InChI is InChI=1S/C29H34BrN3O4S/c1-22(2)19-31-29(35)27(17-23-11-6-4-7-12-23)32(20-24-13-8-5-9-14-24)28(34)21-33(38(3,36)37)26-16-10-15-25(30)18-26/h4-16,18,22,27H,17,19-21H2,1-3H3,(H,31,35)/t27-/m0/s1. The quantitative estimate of drug-likeness (QED) is 0.329. The molecule has 1 atom stereocenters. The van der Waals surface area contributed by atoms with Crippen molar-refractivity contribution in [3.05, 3.63) is 101 Å². The third-order valence-electron chi connectivity index (χ3n) is 5.93. The highest BCUT2D eigenvalue weighted by Gasteiger charge is 2.33. The molecule has 9 heteroatoms. The summed E-state index contributed by atoms with van der Waals surface area (Å²) in [6.45, 7) is 4.18. The van der Waals surface area contributed by atoms with Gasteiger partial charge >= 0.3 is 0 Å². The van der Waals surface area contributed by atoms with E-state index in [1.165, 1.54) is 4.90 Å². The summed E-state index contributed by atoms with van der Waals surface area (Å²) in [7, 11) is -3.80. The van der Waals surface area contributed by atoms with Gasteiger partial charge in [0.05, 0.1) is 11.9 Å². The minimum absolute atomic E-state index is 0.155. The third kappa shape index (κ3) is 8.70. The zero-order valence-corrected chi connectivity index (χ0v) is 24.3. The van der Waals surface area contributed by atoms with Gasteiger partial charge in [-0.3, -0.25) is 13.9 Å². The van der Waals surface area contributed by atoms with Gasteiger partial charge in [0.15, 0.2) is 0 Å². The SMILES string of the molecule is CC(C)CNC(=O)[C@H](Cc1ccccc1)N(Cc1ccccc1)C(=O)CN(c1cccc(Br)c1)S(C)(=O)=O. The lowest BCUT2D eigenvalue weighted by atomic mass is 10.0. The topological polar surface area (TPSA) is 86.8 Å². The van der Waals surface area contributed by atoms with Crippen molar-refractivity contribution in [1.82, 2.24) is 10.2 Å². The Balaban J connectivity index is 2.02. The van der Waals surface area contributed by atoms with E-state index >= 15 is 0 Å². The number of carbonyl (C=O) groups is 2. The van der Waals surface area contributed by atoms with Gasteiger partial charge in [-0.05, 0) is 35.2 Å². The van der Waals surface area contributed by atoms with Gasteiger partial charge in [0, 0.05) is 24.0 Å². The van der Waals surface area contributed by atoms with Crippen LogP contribution in [0.5, 0.6) is 0 Å². The van der Waals surface area contributed by atoms with E-state index in [0.29, 0.717) is 23.1 Å². The van der Waals surface area contributed by atoms with E-state index < -0.39 is 28.5 Å². The van der Waals surface area contributed by atoms with E-state index in [0.717, 1.165) is 21.7 Å². The Hall–Kier alpha value is -3.17. The second-order valence-electron chi connectivity index (χ2n) is 9.60. The van der Waals surface area contributed by atoms with Gasteiger partial charge in [-0.2, -0.15) is 0 Å². The molecule has 0 aliphatic heterocycles. The normalized spacial score (nSPS) is 12.1. The van der Waals surface area contributed by atoms with Crippen LogP contribution in [0.1, 0.15) is 25.0 Å². The molecule has 0 aliphatic rings. The van der Waals surface area contributed by atoms with Crippen molar-refractivity contribution >= 4 is 43.5 Å². The van der Waals surface area contributed by atoms with E-state index in [-0.39, 0.29) is 18.4 Å². The summed E-state index contributed by atoms with van der Waals surface area (Å²) >= 11 is 3.38. The van der Waals surface area contributed by atoms with E-state index in [4.69, 9.17) is 0 Å². The zero-order valence-electron chi connectivity index (χ0n) is 21.9. The summed E-state index contributed by atoms with van der Waals surface area (Å²) in [5.74, 6) is -0.521. The summed E-state index contributed by atoms with van der Waals surface area (Å²) < 4.78 is 27.3. The first-order valence-electron chi connectivity index (χ1n) is 12.4. The van der Waals surface area contributed by atoms with Crippen molar-refractivity contribution in [2.45, 2.75) is 32.9 Å². The van der Waals surface area contributed by atoms with Gasteiger partial charge < -0.3 is 10.2 Å². The largest absolute Gasteiger partial charge is 0.354 e. The molecule has 0 bridgehead atoms. The Labute approximate surface area is 234 Å². The van der Waals surface area contributed by atoms with Gasteiger partial charge in [-0.15, -0.1) is 0 Å². The average molecular weight is 601 g/mol. The number of amides is 2. The molecule has 38 heavy (non-hydrogen) atoms. The predicted octanol–water partition coefficient (Wildman–Crippen LogP) is 4.63. The molecule has 7 nitrogen and oxygen atoms in total. The number of benzene rings is 3. The Morgan fingerprint density at radius 1 is 0.895 bits per heavy atom. The molecule has 0 radical (unpaired) electrons. The molecule has 0 unspecified atom stereocenters. The van der Waals surface area contributed by atoms with E-state index in [2.05, 4.69) is 21.2 Å². The van der Waals surface area contributed by atoms with Crippen LogP contribution < -0.4 is 9.62 Å². The number of halogens is 1. The van der Waals surface area contributed by atoms with Crippen molar-refractivity contribution in [2.75, 3.05) is 23.7 Å². The molecule has 3 rings (SSSR count). The predicted molar refractivity (Wildman–Crippen MR) is 155 cm³/mol. The summed E-state index contributed by atoms with van der Waals surface area (Å²) in [6.07, 6.45) is 1.36. The molecule has 202 valence electrons. The molecule has 0 aliphatic carbocycles. The van der Waals surface area contributed by atoms with Crippen LogP contribution in [0.4, 0.5) is 5.69 Å². The van der Waals surface area contributed by atoms with Crippen molar-refractivity contribution in [1.29, 1.82) is 0 Å². The lowest BCUT2D eigenvalue weighted by Crippen LogP contribution is -2.53. The fourth-order valence-corrected chi connectivity index (χ4v) is 5.23. The van der Waals surface area contributed by atoms with Crippen LogP contribution in [0.15, 0.2) is 89.4 Å². The van der Waals surface area contributed by atoms with Crippen molar-refractivity contribution in [3.8, 4) is 0 Å². The fraction of sp³-hybridized carbons (Fsp3) is 0.310. The first kappa shape index (κ1) is 29.4. The van der Waals surface area contributed by atoms with Gasteiger partial charge in [0.25, 0.3) is 0 Å². The monoisotopic (exact) mass is 599 g/mol. The average Bonchev–Trinajstić information content (AvgIpc) is 2.88. The fourth-order valence-electron chi connectivity index (χ4n) is 4.00. The highest BCUT2D eigenvalue weighted by molar-refractivity contribution is 9.10. The van der Waals surface area contributed by atoms with Gasteiger partial charge in [-0.25, -0.2) is 8.42 Å². The van der Waals surface area contributed by atoms with Gasteiger partial charge in [-0.1, -0.05) is 96.5 Å². The minimum atomic E-state index is -3.80. The maximum Gasteiger partial charge on any atom is 0.244 e. The van der Waals surface area contributed by atoms with Crippen LogP contribution in [-0.4, -0.2) is 50.5 Å².